The van der Waals surface area contributed by atoms with E-state index >= 15 is 0 Å². The number of halogens is 1. The highest BCUT2D eigenvalue weighted by atomic mass is 35.5. The molecule has 1 N–H and O–H groups in total. The Kier molecular flexibility index (Phi) is 6.27. The summed E-state index contributed by atoms with van der Waals surface area (Å²) in [6, 6.07) is 9.80. The zero-order chi connectivity index (χ0) is 14.7. The molecule has 0 radical (unpaired) electrons. The summed E-state index contributed by atoms with van der Waals surface area (Å²) in [5, 5.41) is 12.3. The van der Waals surface area contributed by atoms with Crippen molar-refractivity contribution in [3.8, 4) is 11.5 Å². The molecular formula is C16H22ClNO3. The average Bonchev–Trinajstić information content (AvgIpc) is 2.44. The Morgan fingerprint density at radius 3 is 2.10 bits per heavy atom. The number of nitrogens with zero attached hydrogens (tertiary/aromatic N) is 1. The molecule has 116 valence electrons. The SMILES string of the molecule is COc1cc2ccc(C(O)CN(C)C)cc2cc1OC.Cl. The van der Waals surface area contributed by atoms with Crippen LogP contribution in [0.2, 0.25) is 0 Å². The second-order valence-corrected chi connectivity index (χ2v) is 5.09. The van der Waals surface area contributed by atoms with Crippen LogP contribution in [0.4, 0.5) is 0 Å². The Hall–Kier alpha value is -1.49. The quantitative estimate of drug-likeness (QED) is 0.922. The summed E-state index contributed by atoms with van der Waals surface area (Å²) in [7, 11) is 7.13. The first-order valence-electron chi connectivity index (χ1n) is 6.53. The highest BCUT2D eigenvalue weighted by molar-refractivity contribution is 5.86. The van der Waals surface area contributed by atoms with E-state index in [-0.39, 0.29) is 12.4 Å². The van der Waals surface area contributed by atoms with Gasteiger partial charge in [0.15, 0.2) is 11.5 Å². The number of methoxy groups -OCH3 is 2. The Morgan fingerprint density at radius 1 is 1.00 bits per heavy atom. The van der Waals surface area contributed by atoms with E-state index in [1.54, 1.807) is 14.2 Å². The summed E-state index contributed by atoms with van der Waals surface area (Å²) in [4.78, 5) is 1.96. The standard InChI is InChI=1S/C16H21NO3.ClH/c1-17(2)10-14(18)12-6-5-11-8-15(19-3)16(20-4)9-13(11)7-12;/h5-9,14,18H,10H2,1-4H3;1H. The van der Waals surface area contributed by atoms with E-state index < -0.39 is 6.10 Å². The van der Waals surface area contributed by atoms with Crippen LogP contribution in [-0.4, -0.2) is 44.9 Å². The number of aliphatic hydroxyl groups is 1. The van der Waals surface area contributed by atoms with Crippen molar-refractivity contribution in [2.75, 3.05) is 34.9 Å². The summed E-state index contributed by atoms with van der Waals surface area (Å²) >= 11 is 0. The van der Waals surface area contributed by atoms with E-state index in [0.717, 1.165) is 16.3 Å². The van der Waals surface area contributed by atoms with E-state index in [1.807, 2.05) is 49.3 Å². The Bertz CT molecular complexity index is 601. The lowest BCUT2D eigenvalue weighted by molar-refractivity contribution is 0.138. The van der Waals surface area contributed by atoms with Crippen molar-refractivity contribution >= 4 is 23.2 Å². The van der Waals surface area contributed by atoms with E-state index in [1.165, 1.54) is 0 Å². The highest BCUT2D eigenvalue weighted by Gasteiger charge is 2.11. The fourth-order valence-corrected chi connectivity index (χ4v) is 2.25. The van der Waals surface area contributed by atoms with Gasteiger partial charge in [0.05, 0.1) is 20.3 Å². The van der Waals surface area contributed by atoms with Crippen molar-refractivity contribution in [3.05, 3.63) is 35.9 Å². The van der Waals surface area contributed by atoms with Crippen LogP contribution in [0.1, 0.15) is 11.7 Å². The molecule has 0 aromatic heterocycles. The summed E-state index contributed by atoms with van der Waals surface area (Å²) in [6.07, 6.45) is -0.498. The number of rotatable bonds is 5. The van der Waals surface area contributed by atoms with Crippen molar-refractivity contribution in [2.45, 2.75) is 6.10 Å². The van der Waals surface area contributed by atoms with Gasteiger partial charge in [-0.3, -0.25) is 0 Å². The molecule has 0 aliphatic heterocycles. The van der Waals surface area contributed by atoms with Crippen LogP contribution in [-0.2, 0) is 0 Å². The monoisotopic (exact) mass is 311 g/mol. The molecule has 0 saturated heterocycles. The third-order valence-electron chi connectivity index (χ3n) is 3.29. The molecule has 0 heterocycles. The molecule has 4 nitrogen and oxygen atoms in total. The minimum absolute atomic E-state index is 0. The fourth-order valence-electron chi connectivity index (χ4n) is 2.25. The number of ether oxygens (including phenoxy) is 2. The summed E-state index contributed by atoms with van der Waals surface area (Å²) in [5.74, 6) is 1.40. The van der Waals surface area contributed by atoms with E-state index in [2.05, 4.69) is 0 Å². The fraction of sp³-hybridized carbons (Fsp3) is 0.375. The Labute approximate surface area is 131 Å². The van der Waals surface area contributed by atoms with E-state index in [4.69, 9.17) is 9.47 Å². The van der Waals surface area contributed by atoms with Gasteiger partial charge in [-0.25, -0.2) is 0 Å². The minimum Gasteiger partial charge on any atom is -0.493 e. The second-order valence-electron chi connectivity index (χ2n) is 5.09. The predicted octanol–water partition coefficient (Wildman–Crippen LogP) is 2.87. The molecule has 1 unspecified atom stereocenters. The van der Waals surface area contributed by atoms with Crippen LogP contribution in [0, 0.1) is 0 Å². The molecule has 2 aromatic carbocycles. The van der Waals surface area contributed by atoms with Gasteiger partial charge >= 0.3 is 0 Å². The number of hydrogen-bond acceptors (Lipinski definition) is 4. The molecule has 0 amide bonds. The maximum Gasteiger partial charge on any atom is 0.161 e. The van der Waals surface area contributed by atoms with Gasteiger partial charge in [-0.05, 0) is 48.6 Å². The number of benzene rings is 2. The van der Waals surface area contributed by atoms with Gasteiger partial charge in [-0.15, -0.1) is 12.4 Å². The largest absolute Gasteiger partial charge is 0.493 e. The molecule has 2 aromatic rings. The highest BCUT2D eigenvalue weighted by Crippen LogP contribution is 2.33. The van der Waals surface area contributed by atoms with Gasteiger partial charge in [-0.2, -0.15) is 0 Å². The van der Waals surface area contributed by atoms with Crippen molar-refractivity contribution in [2.24, 2.45) is 0 Å². The molecule has 0 spiro atoms. The van der Waals surface area contributed by atoms with Crippen molar-refractivity contribution in [1.82, 2.24) is 4.90 Å². The minimum atomic E-state index is -0.498. The maximum atomic E-state index is 10.2. The third kappa shape index (κ3) is 4.00. The van der Waals surface area contributed by atoms with Crippen LogP contribution < -0.4 is 9.47 Å². The second kappa shape index (κ2) is 7.50. The lowest BCUT2D eigenvalue weighted by atomic mass is 10.0. The normalized spacial score (nSPS) is 12.1. The number of hydrogen-bond donors (Lipinski definition) is 1. The van der Waals surface area contributed by atoms with Gasteiger partial charge in [-0.1, -0.05) is 12.1 Å². The summed E-state index contributed by atoms with van der Waals surface area (Å²) in [5.41, 5.74) is 0.901. The van der Waals surface area contributed by atoms with Gasteiger partial charge in [0, 0.05) is 6.54 Å². The van der Waals surface area contributed by atoms with Gasteiger partial charge < -0.3 is 19.5 Å². The van der Waals surface area contributed by atoms with Crippen LogP contribution >= 0.6 is 12.4 Å². The zero-order valence-electron chi connectivity index (χ0n) is 12.8. The van der Waals surface area contributed by atoms with Gasteiger partial charge in [0.1, 0.15) is 0 Å². The smallest absolute Gasteiger partial charge is 0.161 e. The summed E-state index contributed by atoms with van der Waals surface area (Å²) < 4.78 is 10.6. The van der Waals surface area contributed by atoms with Crippen molar-refractivity contribution in [1.29, 1.82) is 0 Å². The Morgan fingerprint density at radius 2 is 1.57 bits per heavy atom. The van der Waals surface area contributed by atoms with Crippen LogP contribution in [0.3, 0.4) is 0 Å². The first kappa shape index (κ1) is 17.6. The Balaban J connectivity index is 0.00000220. The van der Waals surface area contributed by atoms with Crippen LogP contribution in [0.5, 0.6) is 11.5 Å². The lowest BCUT2D eigenvalue weighted by Crippen LogP contribution is -2.19. The number of fused-ring (bicyclic) bond motifs is 1. The van der Waals surface area contributed by atoms with Gasteiger partial charge in [0.25, 0.3) is 0 Å². The molecule has 0 saturated carbocycles. The maximum absolute atomic E-state index is 10.2. The molecule has 0 aliphatic rings. The molecule has 5 heteroatoms. The zero-order valence-corrected chi connectivity index (χ0v) is 13.6. The first-order chi connectivity index (χ1) is 9.55. The average molecular weight is 312 g/mol. The third-order valence-corrected chi connectivity index (χ3v) is 3.29. The molecule has 0 bridgehead atoms. The molecule has 1 atom stereocenters. The van der Waals surface area contributed by atoms with Crippen LogP contribution in [0.15, 0.2) is 30.3 Å². The topological polar surface area (TPSA) is 41.9 Å². The van der Waals surface area contributed by atoms with E-state index in [0.29, 0.717) is 18.0 Å². The van der Waals surface area contributed by atoms with Gasteiger partial charge in [0.2, 0.25) is 0 Å². The van der Waals surface area contributed by atoms with E-state index in [9.17, 15) is 5.11 Å². The molecule has 0 aliphatic carbocycles. The number of likely N-dealkylation sites (N-methyl/N-ethyl adjacent to an activating group) is 1. The first-order valence-corrected chi connectivity index (χ1v) is 6.53. The number of aliphatic hydroxyl groups excluding tert-OH is 1. The molecule has 2 rings (SSSR count). The molecular weight excluding hydrogens is 290 g/mol. The van der Waals surface area contributed by atoms with Crippen molar-refractivity contribution < 1.29 is 14.6 Å². The molecule has 0 fully saturated rings. The molecule has 21 heavy (non-hydrogen) atoms. The van der Waals surface area contributed by atoms with Crippen molar-refractivity contribution in [3.63, 3.8) is 0 Å². The lowest BCUT2D eigenvalue weighted by Gasteiger charge is -2.17. The van der Waals surface area contributed by atoms with Crippen LogP contribution in [0.25, 0.3) is 10.8 Å². The predicted molar refractivity (Wildman–Crippen MR) is 87.8 cm³/mol. The summed E-state index contributed by atoms with van der Waals surface area (Å²) in [6.45, 7) is 0.596.